The van der Waals surface area contributed by atoms with E-state index in [9.17, 15) is 13.5 Å². The van der Waals surface area contributed by atoms with Crippen LogP contribution < -0.4 is 28.7 Å². The monoisotopic (exact) mass is 265 g/mol. The van der Waals surface area contributed by atoms with E-state index in [1.165, 1.54) is 27.0 Å². The van der Waals surface area contributed by atoms with Crippen LogP contribution in [-0.4, -0.2) is 26.0 Å². The van der Waals surface area contributed by atoms with Gasteiger partial charge in [0.2, 0.25) is 0 Å². The maximum Gasteiger partial charge on any atom is 1.00 e. The molecule has 18 heavy (non-hydrogen) atoms. The van der Waals surface area contributed by atoms with Crippen LogP contribution >= 0.6 is 0 Å². The van der Waals surface area contributed by atoms with E-state index in [1.54, 1.807) is 0 Å². The van der Waals surface area contributed by atoms with Gasteiger partial charge in [0.15, 0.2) is 0 Å². The van der Waals surface area contributed by atoms with Gasteiger partial charge in [-0.05, 0) is 31.4 Å². The first-order valence-electron chi connectivity index (χ1n) is 4.64. The molecule has 0 spiro atoms. The average molecular weight is 265 g/mol. The van der Waals surface area contributed by atoms with E-state index in [-0.39, 0.29) is 40.8 Å². The molecular weight excluding hydrogens is 253 g/mol. The second-order valence-corrected chi connectivity index (χ2v) is 4.79. The summed E-state index contributed by atoms with van der Waals surface area (Å²) in [6.45, 7) is 2.76. The normalized spacial score (nSPS) is 11.9. The van der Waals surface area contributed by atoms with Gasteiger partial charge in [0.05, 0.1) is 7.11 Å². The van der Waals surface area contributed by atoms with Gasteiger partial charge in [-0.1, -0.05) is 0 Å². The maximum absolute atomic E-state index is 11.1. The topological polar surface area (TPSA) is 99.0 Å². The zero-order chi connectivity index (χ0) is 13.2. The summed E-state index contributed by atoms with van der Waals surface area (Å²) in [6.07, 6.45) is 0. The van der Waals surface area contributed by atoms with Crippen LogP contribution in [-0.2, 0) is 10.1 Å². The van der Waals surface area contributed by atoms with Crippen molar-refractivity contribution in [2.24, 2.45) is 4.99 Å². The van der Waals surface area contributed by atoms with Crippen LogP contribution in [0, 0.1) is 6.92 Å². The second kappa shape index (κ2) is 6.25. The molecular formula is C10H12LiNO5S. The Kier molecular flexibility index (Phi) is 5.90. The van der Waals surface area contributed by atoms with Crippen LogP contribution in [0.15, 0.2) is 22.0 Å². The van der Waals surface area contributed by atoms with Crippen LogP contribution in [0.1, 0.15) is 12.5 Å². The molecule has 1 aromatic carbocycles. The zero-order valence-corrected chi connectivity index (χ0v) is 11.4. The molecule has 0 aliphatic heterocycles. The number of rotatable bonds is 3. The van der Waals surface area contributed by atoms with Gasteiger partial charge in [-0.15, -0.1) is 0 Å². The summed E-state index contributed by atoms with van der Waals surface area (Å²) in [5, 5.41) is 10.9. The summed E-state index contributed by atoms with van der Waals surface area (Å²) in [6, 6.07) is 2.50. The van der Waals surface area contributed by atoms with Crippen LogP contribution in [0.2, 0.25) is 0 Å². The number of methoxy groups -OCH3 is 1. The van der Waals surface area contributed by atoms with Crippen LogP contribution in [0.5, 0.6) is 5.75 Å². The first kappa shape index (κ1) is 17.0. The van der Waals surface area contributed by atoms with E-state index in [0.29, 0.717) is 0 Å². The molecule has 0 atom stereocenters. The third-order valence-corrected chi connectivity index (χ3v) is 3.03. The van der Waals surface area contributed by atoms with Gasteiger partial charge in [-0.25, -0.2) is 0 Å². The van der Waals surface area contributed by atoms with Crippen molar-refractivity contribution in [2.75, 3.05) is 7.11 Å². The summed E-state index contributed by atoms with van der Waals surface area (Å²) in [5.74, 6) is -0.319. The molecule has 0 unspecified atom stereocenters. The smallest absolute Gasteiger partial charge is 0.862 e. The molecule has 0 radical (unpaired) electrons. The van der Waals surface area contributed by atoms with Gasteiger partial charge in [0.25, 0.3) is 10.1 Å². The summed E-state index contributed by atoms with van der Waals surface area (Å²) in [4.78, 5) is 3.41. The fraction of sp³-hybridized carbons (Fsp3) is 0.300. The van der Waals surface area contributed by atoms with Gasteiger partial charge in [-0.2, -0.15) is 8.42 Å². The van der Waals surface area contributed by atoms with Gasteiger partial charge < -0.3 is 9.84 Å². The Morgan fingerprint density at radius 1 is 1.44 bits per heavy atom. The Morgan fingerprint density at radius 3 is 2.39 bits per heavy atom. The molecule has 0 amide bonds. The molecule has 1 N–H and O–H groups in total. The fourth-order valence-corrected chi connectivity index (χ4v) is 2.07. The number of aryl methyl sites for hydroxylation is 1. The maximum atomic E-state index is 11.1. The van der Waals surface area contributed by atoms with E-state index >= 15 is 0 Å². The zero-order valence-electron chi connectivity index (χ0n) is 10.6. The van der Waals surface area contributed by atoms with Crippen molar-refractivity contribution < 1.29 is 41.7 Å². The predicted octanol–water partition coefficient (Wildman–Crippen LogP) is -2.34. The molecule has 0 saturated carbocycles. The third-order valence-electron chi connectivity index (χ3n) is 2.03. The van der Waals surface area contributed by atoms with Crippen molar-refractivity contribution in [2.45, 2.75) is 18.7 Å². The standard InChI is InChI=1S/C10H13NO5S.Li/c1-6-4-8(11-7(2)12)9(16-3)5-10(6)17(13,14)15;/h4-5H,1-3H3,(H,11,12)(H,13,14,15);/q;+1/p-1. The largest absolute Gasteiger partial charge is 1.00 e. The van der Waals surface area contributed by atoms with Crippen molar-refractivity contribution in [3.05, 3.63) is 17.7 Å². The molecule has 0 heterocycles. The molecule has 0 aliphatic carbocycles. The molecule has 0 aliphatic rings. The molecule has 6 nitrogen and oxygen atoms in total. The van der Waals surface area contributed by atoms with Gasteiger partial charge >= 0.3 is 18.9 Å². The summed E-state index contributed by atoms with van der Waals surface area (Å²) in [5.41, 5.74) is 0.512. The third kappa shape index (κ3) is 4.03. The molecule has 0 aromatic heterocycles. The van der Waals surface area contributed by atoms with Crippen LogP contribution in [0.25, 0.3) is 0 Å². The number of aliphatic imine (C=N–C) groups is 1. The van der Waals surface area contributed by atoms with Crippen LogP contribution in [0.3, 0.4) is 0 Å². The molecule has 8 heteroatoms. The summed E-state index contributed by atoms with van der Waals surface area (Å²) in [7, 11) is -3.00. The number of hydrogen-bond acceptors (Lipinski definition) is 5. The van der Waals surface area contributed by atoms with Crippen LogP contribution in [0.4, 0.5) is 5.69 Å². The van der Waals surface area contributed by atoms with E-state index in [0.717, 1.165) is 6.07 Å². The summed E-state index contributed by atoms with van der Waals surface area (Å²) < 4.78 is 36.0. The van der Waals surface area contributed by atoms with Gasteiger partial charge in [0.1, 0.15) is 16.3 Å². The van der Waals surface area contributed by atoms with Crippen molar-refractivity contribution in [3.63, 3.8) is 0 Å². The molecule has 0 bridgehead atoms. The van der Waals surface area contributed by atoms with Crippen molar-refractivity contribution in [3.8, 4) is 5.75 Å². The quantitative estimate of drug-likeness (QED) is 0.286. The fourth-order valence-electron chi connectivity index (χ4n) is 1.35. The first-order valence-corrected chi connectivity index (χ1v) is 6.08. The van der Waals surface area contributed by atoms with E-state index in [2.05, 4.69) is 4.99 Å². The second-order valence-electron chi connectivity index (χ2n) is 3.40. The Bertz CT molecular complexity index is 564. The van der Waals surface area contributed by atoms with Crippen molar-refractivity contribution >= 4 is 21.7 Å². The van der Waals surface area contributed by atoms with Gasteiger partial charge in [-0.3, -0.25) is 9.55 Å². The minimum atomic E-state index is -4.32. The SMILES string of the molecule is COc1cc(S(=O)(=O)O)c(C)cc1N=C(C)[O-].[Li+]. The Balaban J connectivity index is 0.00000289. The Hall–Kier alpha value is -1.00. The van der Waals surface area contributed by atoms with Crippen molar-refractivity contribution in [1.29, 1.82) is 0 Å². The molecule has 0 saturated heterocycles. The van der Waals surface area contributed by atoms with E-state index in [4.69, 9.17) is 9.29 Å². The van der Waals surface area contributed by atoms with Crippen molar-refractivity contribution in [1.82, 2.24) is 0 Å². The number of benzene rings is 1. The van der Waals surface area contributed by atoms with E-state index in [1.807, 2.05) is 0 Å². The number of hydrogen-bond donors (Lipinski definition) is 1. The minimum Gasteiger partial charge on any atom is -0.862 e. The average Bonchev–Trinajstić information content (AvgIpc) is 2.14. The summed E-state index contributed by atoms with van der Waals surface area (Å²) >= 11 is 0. The Labute approximate surface area is 118 Å². The Morgan fingerprint density at radius 2 is 2.00 bits per heavy atom. The number of ether oxygens (including phenoxy) is 1. The van der Waals surface area contributed by atoms with Gasteiger partial charge in [0, 0.05) is 6.07 Å². The molecule has 0 fully saturated rings. The minimum absolute atomic E-state index is 0. The molecule has 94 valence electrons. The number of nitrogens with zero attached hydrogens (tertiary/aromatic N) is 1. The molecule has 1 rings (SSSR count). The first-order chi connectivity index (χ1) is 7.75. The van der Waals surface area contributed by atoms with E-state index < -0.39 is 16.0 Å². The molecule has 1 aromatic rings. The predicted molar refractivity (Wildman–Crippen MR) is 60.3 cm³/mol.